The molecule has 108 valence electrons. The molecule has 0 saturated heterocycles. The van der Waals surface area contributed by atoms with Gasteiger partial charge in [0.2, 0.25) is 0 Å². The maximum Gasteiger partial charge on any atom is 0.342 e. The van der Waals surface area contributed by atoms with Crippen molar-refractivity contribution >= 4 is 29.5 Å². The summed E-state index contributed by atoms with van der Waals surface area (Å²) >= 11 is 5.77. The number of urea groups is 1. The van der Waals surface area contributed by atoms with E-state index in [4.69, 9.17) is 21.1 Å². The fourth-order valence-corrected chi connectivity index (χ4v) is 1.45. The highest BCUT2D eigenvalue weighted by atomic mass is 35.5. The lowest BCUT2D eigenvalue weighted by Crippen LogP contribution is -2.39. The first-order chi connectivity index (χ1) is 9.47. The van der Waals surface area contributed by atoms with Crippen molar-refractivity contribution in [3.8, 4) is 5.75 Å². The maximum absolute atomic E-state index is 11.8. The Hall–Kier alpha value is -2.28. The van der Waals surface area contributed by atoms with E-state index >= 15 is 0 Å². The zero-order valence-corrected chi connectivity index (χ0v) is 11.6. The molecule has 0 aliphatic rings. The van der Waals surface area contributed by atoms with Crippen LogP contribution >= 0.6 is 11.6 Å². The van der Waals surface area contributed by atoms with Gasteiger partial charge in [-0.05, 0) is 18.2 Å². The molecule has 0 spiro atoms. The van der Waals surface area contributed by atoms with Crippen LogP contribution in [-0.2, 0) is 9.53 Å². The molecule has 0 atom stereocenters. The van der Waals surface area contributed by atoms with E-state index in [1.165, 1.54) is 26.3 Å². The van der Waals surface area contributed by atoms with Crippen molar-refractivity contribution < 1.29 is 23.9 Å². The molecule has 1 rings (SSSR count). The standard InChI is InChI=1S/C12H13ClN2O5/c1-14-12(18)15-10(16)6-20-11(17)8-5-7(13)3-4-9(8)19-2/h3-5H,6H2,1-2H3,(H2,14,15,16,18). The van der Waals surface area contributed by atoms with Gasteiger partial charge in [0, 0.05) is 12.1 Å². The van der Waals surface area contributed by atoms with Crippen molar-refractivity contribution in [2.75, 3.05) is 20.8 Å². The van der Waals surface area contributed by atoms with E-state index < -0.39 is 24.5 Å². The van der Waals surface area contributed by atoms with Crippen LogP contribution in [0.1, 0.15) is 10.4 Å². The van der Waals surface area contributed by atoms with Crippen molar-refractivity contribution in [2.24, 2.45) is 0 Å². The highest BCUT2D eigenvalue weighted by molar-refractivity contribution is 6.31. The van der Waals surface area contributed by atoms with E-state index in [1.54, 1.807) is 6.07 Å². The van der Waals surface area contributed by atoms with Crippen molar-refractivity contribution in [1.29, 1.82) is 0 Å². The van der Waals surface area contributed by atoms with Crippen molar-refractivity contribution in [3.05, 3.63) is 28.8 Å². The number of imide groups is 1. The minimum Gasteiger partial charge on any atom is -0.496 e. The van der Waals surface area contributed by atoms with Crippen molar-refractivity contribution in [3.63, 3.8) is 0 Å². The van der Waals surface area contributed by atoms with Crippen LogP contribution < -0.4 is 15.4 Å². The van der Waals surface area contributed by atoms with Crippen molar-refractivity contribution in [1.82, 2.24) is 10.6 Å². The normalized spacial score (nSPS) is 9.55. The predicted molar refractivity (Wildman–Crippen MR) is 70.9 cm³/mol. The van der Waals surface area contributed by atoms with Gasteiger partial charge in [0.15, 0.2) is 6.61 Å². The number of hydrogen-bond acceptors (Lipinski definition) is 5. The molecule has 7 nitrogen and oxygen atoms in total. The zero-order chi connectivity index (χ0) is 15.1. The molecule has 0 radical (unpaired) electrons. The molecule has 0 fully saturated rings. The molecule has 0 unspecified atom stereocenters. The number of carbonyl (C=O) groups is 3. The molecule has 0 aliphatic heterocycles. The molecule has 0 saturated carbocycles. The Bertz CT molecular complexity index is 533. The highest BCUT2D eigenvalue weighted by Gasteiger charge is 2.16. The molecule has 2 N–H and O–H groups in total. The summed E-state index contributed by atoms with van der Waals surface area (Å²) < 4.78 is 9.75. The summed E-state index contributed by atoms with van der Waals surface area (Å²) in [4.78, 5) is 33.9. The van der Waals surface area contributed by atoms with E-state index in [2.05, 4.69) is 5.32 Å². The minimum absolute atomic E-state index is 0.0905. The van der Waals surface area contributed by atoms with E-state index in [9.17, 15) is 14.4 Å². The quantitative estimate of drug-likeness (QED) is 0.808. The lowest BCUT2D eigenvalue weighted by atomic mass is 10.2. The molecule has 20 heavy (non-hydrogen) atoms. The fourth-order valence-electron chi connectivity index (χ4n) is 1.27. The number of carbonyl (C=O) groups excluding carboxylic acids is 3. The highest BCUT2D eigenvalue weighted by Crippen LogP contribution is 2.23. The Morgan fingerprint density at radius 3 is 2.60 bits per heavy atom. The Morgan fingerprint density at radius 1 is 1.30 bits per heavy atom. The topological polar surface area (TPSA) is 93.7 Å². The number of benzene rings is 1. The third kappa shape index (κ3) is 4.43. The molecular formula is C12H13ClN2O5. The number of ether oxygens (including phenoxy) is 2. The van der Waals surface area contributed by atoms with Crippen molar-refractivity contribution in [2.45, 2.75) is 0 Å². The van der Waals surface area contributed by atoms with Crippen LogP contribution in [-0.4, -0.2) is 38.7 Å². The largest absolute Gasteiger partial charge is 0.496 e. The number of rotatable bonds is 4. The number of esters is 1. The molecule has 1 aromatic carbocycles. The second kappa shape index (κ2) is 7.34. The lowest BCUT2D eigenvalue weighted by molar-refractivity contribution is -0.123. The van der Waals surface area contributed by atoms with E-state index in [0.717, 1.165) is 0 Å². The van der Waals surface area contributed by atoms with E-state index in [0.29, 0.717) is 5.02 Å². The molecule has 0 bridgehead atoms. The zero-order valence-electron chi connectivity index (χ0n) is 10.9. The first-order valence-corrected chi connectivity index (χ1v) is 5.88. The van der Waals surface area contributed by atoms with Crippen LogP contribution in [0, 0.1) is 0 Å². The molecular weight excluding hydrogens is 288 g/mol. The van der Waals surface area contributed by atoms with Crippen LogP contribution in [0.15, 0.2) is 18.2 Å². The van der Waals surface area contributed by atoms with Gasteiger partial charge in [-0.2, -0.15) is 0 Å². The number of hydrogen-bond donors (Lipinski definition) is 2. The van der Waals surface area contributed by atoms with Crippen LogP contribution in [0.25, 0.3) is 0 Å². The third-order valence-electron chi connectivity index (χ3n) is 2.20. The Balaban J connectivity index is 2.65. The minimum atomic E-state index is -0.781. The second-order valence-electron chi connectivity index (χ2n) is 3.55. The summed E-state index contributed by atoms with van der Waals surface area (Å²) in [6.07, 6.45) is 0. The first kappa shape index (κ1) is 15.8. The average molecular weight is 301 g/mol. The monoisotopic (exact) mass is 300 g/mol. The van der Waals surface area contributed by atoms with Gasteiger partial charge < -0.3 is 14.8 Å². The van der Waals surface area contributed by atoms with Gasteiger partial charge in [0.05, 0.1) is 7.11 Å². The summed E-state index contributed by atoms with van der Waals surface area (Å²) in [7, 11) is 2.74. The first-order valence-electron chi connectivity index (χ1n) is 5.50. The van der Waals surface area contributed by atoms with Gasteiger partial charge in [0.25, 0.3) is 5.91 Å². The Labute approximate surface area is 120 Å². The Morgan fingerprint density at radius 2 is 2.00 bits per heavy atom. The van der Waals surface area contributed by atoms with Crippen LogP contribution in [0.4, 0.5) is 4.79 Å². The predicted octanol–water partition coefficient (Wildman–Crippen LogP) is 0.961. The summed E-state index contributed by atoms with van der Waals surface area (Å²) in [5, 5.41) is 4.47. The molecule has 3 amide bonds. The number of nitrogens with one attached hydrogen (secondary N) is 2. The summed E-state index contributed by atoms with van der Waals surface area (Å²) in [6, 6.07) is 3.73. The number of halogens is 1. The van der Waals surface area contributed by atoms with Gasteiger partial charge in [-0.15, -0.1) is 0 Å². The van der Waals surface area contributed by atoms with Crippen LogP contribution in [0.2, 0.25) is 5.02 Å². The number of amides is 3. The van der Waals surface area contributed by atoms with Gasteiger partial charge in [-0.1, -0.05) is 11.6 Å². The molecule has 0 heterocycles. The lowest BCUT2D eigenvalue weighted by Gasteiger charge is -2.09. The van der Waals surface area contributed by atoms with Gasteiger partial charge in [0.1, 0.15) is 11.3 Å². The molecule has 0 aromatic heterocycles. The SMILES string of the molecule is CNC(=O)NC(=O)COC(=O)c1cc(Cl)ccc1OC. The van der Waals surface area contributed by atoms with E-state index in [1.807, 2.05) is 5.32 Å². The average Bonchev–Trinajstić information content (AvgIpc) is 2.44. The number of methoxy groups -OCH3 is 1. The Kier molecular flexibility index (Phi) is 5.79. The van der Waals surface area contributed by atoms with Gasteiger partial charge in [-0.3, -0.25) is 10.1 Å². The summed E-state index contributed by atoms with van der Waals surface area (Å²) in [5.74, 6) is -1.26. The second-order valence-corrected chi connectivity index (χ2v) is 3.98. The molecule has 8 heteroatoms. The summed E-state index contributed by atoms with van der Waals surface area (Å²) in [5.41, 5.74) is 0.0905. The molecule has 0 aliphatic carbocycles. The smallest absolute Gasteiger partial charge is 0.342 e. The fraction of sp³-hybridized carbons (Fsp3) is 0.250. The van der Waals surface area contributed by atoms with Gasteiger partial charge in [-0.25, -0.2) is 9.59 Å². The van der Waals surface area contributed by atoms with Crippen LogP contribution in [0.3, 0.4) is 0 Å². The maximum atomic E-state index is 11.8. The van der Waals surface area contributed by atoms with Crippen LogP contribution in [0.5, 0.6) is 5.75 Å². The molecule has 1 aromatic rings. The van der Waals surface area contributed by atoms with Gasteiger partial charge >= 0.3 is 12.0 Å². The summed E-state index contributed by atoms with van der Waals surface area (Å²) in [6.45, 7) is -0.595. The third-order valence-corrected chi connectivity index (χ3v) is 2.43. The van der Waals surface area contributed by atoms with E-state index in [-0.39, 0.29) is 11.3 Å².